The Morgan fingerprint density at radius 3 is 2.73 bits per heavy atom. The highest BCUT2D eigenvalue weighted by Crippen LogP contribution is 2.37. The highest BCUT2D eigenvalue weighted by atomic mass is 32.1. The molecule has 0 aliphatic heterocycles. The summed E-state index contributed by atoms with van der Waals surface area (Å²) in [6.45, 7) is 2.35. The molecule has 0 spiro atoms. The van der Waals surface area contributed by atoms with Gasteiger partial charge in [-0.1, -0.05) is 6.92 Å². The first kappa shape index (κ1) is 11.2. The van der Waals surface area contributed by atoms with Crippen LogP contribution in [-0.4, -0.2) is 12.7 Å². The van der Waals surface area contributed by atoms with E-state index >= 15 is 0 Å². The van der Waals surface area contributed by atoms with Gasteiger partial charge in [0.05, 0.1) is 5.60 Å². The van der Waals surface area contributed by atoms with Crippen LogP contribution in [0.15, 0.2) is 16.8 Å². The second-order valence-corrected chi connectivity index (χ2v) is 5.66. The van der Waals surface area contributed by atoms with Crippen molar-refractivity contribution in [2.24, 2.45) is 5.92 Å². The Balaban J connectivity index is 2.02. The Hall–Kier alpha value is -0.340. The van der Waals surface area contributed by atoms with E-state index in [0.717, 1.165) is 12.3 Å². The quantitative estimate of drug-likeness (QED) is 0.757. The minimum atomic E-state index is 0.133. The molecular weight excluding hydrogens is 204 g/mol. The van der Waals surface area contributed by atoms with Crippen LogP contribution in [0, 0.1) is 5.92 Å². The minimum absolute atomic E-state index is 0.133. The van der Waals surface area contributed by atoms with Gasteiger partial charge >= 0.3 is 0 Å². The normalized spacial score (nSPS) is 31.7. The first-order valence-electron chi connectivity index (χ1n) is 5.80. The van der Waals surface area contributed by atoms with Gasteiger partial charge in [-0.05, 0) is 54.0 Å². The van der Waals surface area contributed by atoms with Crippen molar-refractivity contribution in [3.63, 3.8) is 0 Å². The summed E-state index contributed by atoms with van der Waals surface area (Å²) >= 11 is 1.78. The van der Waals surface area contributed by atoms with Gasteiger partial charge in [-0.15, -0.1) is 0 Å². The van der Waals surface area contributed by atoms with Crippen LogP contribution in [0.3, 0.4) is 0 Å². The van der Waals surface area contributed by atoms with Crippen LogP contribution < -0.4 is 0 Å². The van der Waals surface area contributed by atoms with E-state index in [-0.39, 0.29) is 5.60 Å². The first-order chi connectivity index (χ1) is 7.24. The van der Waals surface area contributed by atoms with Crippen molar-refractivity contribution in [3.8, 4) is 0 Å². The van der Waals surface area contributed by atoms with E-state index in [2.05, 4.69) is 23.8 Å². The van der Waals surface area contributed by atoms with Crippen LogP contribution in [0.1, 0.15) is 38.2 Å². The van der Waals surface area contributed by atoms with Gasteiger partial charge in [0.15, 0.2) is 0 Å². The molecule has 0 amide bonds. The average molecular weight is 224 g/mol. The summed E-state index contributed by atoms with van der Waals surface area (Å²) in [5.74, 6) is 0.885. The zero-order chi connectivity index (χ0) is 10.7. The molecule has 0 unspecified atom stereocenters. The summed E-state index contributed by atoms with van der Waals surface area (Å²) in [5.41, 5.74) is 1.57. The molecule has 1 aliphatic rings. The molecule has 84 valence electrons. The standard InChI is InChI=1S/C13H20OS/c1-11-3-6-13(14-2,7-4-11)9-12-5-8-15-10-12/h5,8,10-11H,3-4,6-7,9H2,1-2H3. The summed E-state index contributed by atoms with van der Waals surface area (Å²) in [4.78, 5) is 0. The number of ether oxygens (including phenoxy) is 1. The summed E-state index contributed by atoms with van der Waals surface area (Å²) in [6.07, 6.45) is 6.18. The SMILES string of the molecule is COC1(Cc2ccsc2)CCC(C)CC1. The third-order valence-corrected chi connectivity index (χ3v) is 4.46. The Labute approximate surface area is 96.5 Å². The van der Waals surface area contributed by atoms with Crippen molar-refractivity contribution >= 4 is 11.3 Å². The first-order valence-corrected chi connectivity index (χ1v) is 6.75. The monoisotopic (exact) mass is 224 g/mol. The molecule has 1 aromatic heterocycles. The van der Waals surface area contributed by atoms with E-state index in [4.69, 9.17) is 4.74 Å². The predicted molar refractivity (Wildman–Crippen MR) is 65.4 cm³/mol. The maximum absolute atomic E-state index is 5.81. The van der Waals surface area contributed by atoms with Crippen LogP contribution >= 0.6 is 11.3 Å². The van der Waals surface area contributed by atoms with E-state index in [1.165, 1.54) is 31.2 Å². The molecular formula is C13H20OS. The average Bonchev–Trinajstić information content (AvgIpc) is 2.75. The van der Waals surface area contributed by atoms with E-state index < -0.39 is 0 Å². The molecule has 0 N–H and O–H groups in total. The Morgan fingerprint density at radius 2 is 2.20 bits per heavy atom. The zero-order valence-electron chi connectivity index (χ0n) is 9.66. The van der Waals surface area contributed by atoms with Crippen molar-refractivity contribution in [1.82, 2.24) is 0 Å². The highest BCUT2D eigenvalue weighted by molar-refractivity contribution is 7.07. The second kappa shape index (κ2) is 4.67. The van der Waals surface area contributed by atoms with Crippen molar-refractivity contribution < 1.29 is 4.74 Å². The maximum Gasteiger partial charge on any atom is 0.0719 e. The van der Waals surface area contributed by atoms with E-state index in [1.807, 2.05) is 7.11 Å². The van der Waals surface area contributed by atoms with Gasteiger partial charge in [0.25, 0.3) is 0 Å². The zero-order valence-corrected chi connectivity index (χ0v) is 10.5. The molecule has 0 radical (unpaired) electrons. The van der Waals surface area contributed by atoms with E-state index in [9.17, 15) is 0 Å². The van der Waals surface area contributed by atoms with Gasteiger partial charge < -0.3 is 4.74 Å². The Kier molecular flexibility index (Phi) is 3.47. The molecule has 2 rings (SSSR count). The molecule has 1 nitrogen and oxygen atoms in total. The summed E-state index contributed by atoms with van der Waals surface area (Å²) < 4.78 is 5.81. The predicted octanol–water partition coefficient (Wildman–Crippen LogP) is 3.89. The van der Waals surface area contributed by atoms with Gasteiger partial charge in [-0.3, -0.25) is 0 Å². The number of thiophene rings is 1. The topological polar surface area (TPSA) is 9.23 Å². The van der Waals surface area contributed by atoms with Gasteiger partial charge in [0.2, 0.25) is 0 Å². The highest BCUT2D eigenvalue weighted by Gasteiger charge is 2.34. The fourth-order valence-electron chi connectivity index (χ4n) is 2.51. The molecule has 1 heterocycles. The number of methoxy groups -OCH3 is 1. The Morgan fingerprint density at radius 1 is 1.47 bits per heavy atom. The lowest BCUT2D eigenvalue weighted by atomic mass is 9.76. The molecule has 1 aromatic rings. The van der Waals surface area contributed by atoms with Gasteiger partial charge in [0.1, 0.15) is 0 Å². The molecule has 1 fully saturated rings. The lowest BCUT2D eigenvalue weighted by Crippen LogP contribution is -2.37. The van der Waals surface area contributed by atoms with Crippen molar-refractivity contribution in [2.75, 3.05) is 7.11 Å². The molecule has 1 aliphatic carbocycles. The molecule has 0 saturated heterocycles. The molecule has 15 heavy (non-hydrogen) atoms. The van der Waals surface area contributed by atoms with E-state index in [0.29, 0.717) is 0 Å². The van der Waals surface area contributed by atoms with E-state index in [1.54, 1.807) is 11.3 Å². The molecule has 0 bridgehead atoms. The molecule has 0 aromatic carbocycles. The van der Waals surface area contributed by atoms with Crippen LogP contribution in [0.2, 0.25) is 0 Å². The van der Waals surface area contributed by atoms with Crippen LogP contribution in [0.25, 0.3) is 0 Å². The number of hydrogen-bond acceptors (Lipinski definition) is 2. The van der Waals surface area contributed by atoms with Crippen molar-refractivity contribution in [1.29, 1.82) is 0 Å². The van der Waals surface area contributed by atoms with Gasteiger partial charge in [-0.2, -0.15) is 11.3 Å². The minimum Gasteiger partial charge on any atom is -0.378 e. The third kappa shape index (κ3) is 2.61. The second-order valence-electron chi connectivity index (χ2n) is 4.88. The fourth-order valence-corrected chi connectivity index (χ4v) is 3.18. The molecule has 1 saturated carbocycles. The smallest absolute Gasteiger partial charge is 0.0719 e. The number of hydrogen-bond donors (Lipinski definition) is 0. The maximum atomic E-state index is 5.81. The van der Waals surface area contributed by atoms with Crippen molar-refractivity contribution in [2.45, 2.75) is 44.6 Å². The van der Waals surface area contributed by atoms with Crippen LogP contribution in [0.4, 0.5) is 0 Å². The fraction of sp³-hybridized carbons (Fsp3) is 0.692. The Bertz CT molecular complexity index is 283. The lowest BCUT2D eigenvalue weighted by molar-refractivity contribution is -0.0469. The van der Waals surface area contributed by atoms with Crippen LogP contribution in [-0.2, 0) is 11.2 Å². The lowest BCUT2D eigenvalue weighted by Gasteiger charge is -2.38. The van der Waals surface area contributed by atoms with Gasteiger partial charge in [-0.25, -0.2) is 0 Å². The number of rotatable bonds is 3. The molecule has 0 atom stereocenters. The third-order valence-electron chi connectivity index (χ3n) is 3.72. The largest absolute Gasteiger partial charge is 0.378 e. The van der Waals surface area contributed by atoms with Gasteiger partial charge in [0, 0.05) is 13.5 Å². The van der Waals surface area contributed by atoms with Crippen molar-refractivity contribution in [3.05, 3.63) is 22.4 Å². The summed E-state index contributed by atoms with van der Waals surface area (Å²) in [6, 6.07) is 2.23. The summed E-state index contributed by atoms with van der Waals surface area (Å²) in [5, 5.41) is 4.41. The molecule has 2 heteroatoms. The van der Waals surface area contributed by atoms with Crippen LogP contribution in [0.5, 0.6) is 0 Å². The summed E-state index contributed by atoms with van der Waals surface area (Å²) in [7, 11) is 1.88.